The van der Waals surface area contributed by atoms with Crippen LogP contribution in [0.3, 0.4) is 0 Å². The van der Waals surface area contributed by atoms with E-state index in [0.717, 1.165) is 17.2 Å². The maximum atomic E-state index is 13.1. The van der Waals surface area contributed by atoms with E-state index in [2.05, 4.69) is 0 Å². The largest absolute Gasteiger partial charge is 0.417 e. The molecule has 116 valence electrons. The van der Waals surface area contributed by atoms with Gasteiger partial charge in [-0.1, -0.05) is 72.3 Å². The SMILES string of the molecule is Cc1ccc(-c2ccc(-c3ccccc3C(F)(F)F)cc2)cc1. The van der Waals surface area contributed by atoms with E-state index in [-0.39, 0.29) is 5.56 Å². The van der Waals surface area contributed by atoms with E-state index in [1.54, 1.807) is 18.2 Å². The molecule has 0 aliphatic rings. The zero-order chi connectivity index (χ0) is 16.4. The smallest absolute Gasteiger partial charge is 0.166 e. The van der Waals surface area contributed by atoms with Gasteiger partial charge < -0.3 is 0 Å². The van der Waals surface area contributed by atoms with Crippen LogP contribution in [0.25, 0.3) is 22.3 Å². The summed E-state index contributed by atoms with van der Waals surface area (Å²) in [4.78, 5) is 0. The minimum atomic E-state index is -4.35. The van der Waals surface area contributed by atoms with E-state index in [4.69, 9.17) is 0 Å². The number of alkyl halides is 3. The second kappa shape index (κ2) is 5.92. The number of halogens is 3. The van der Waals surface area contributed by atoms with Crippen LogP contribution >= 0.6 is 0 Å². The molecule has 0 atom stereocenters. The standard InChI is InChI=1S/C20H15F3/c1-14-6-8-15(9-7-14)16-10-12-17(13-11-16)18-4-2-3-5-19(18)20(21,22)23/h2-13H,1H3. The molecule has 0 unspecified atom stereocenters. The second-order valence-corrected chi connectivity index (χ2v) is 5.49. The molecule has 0 saturated heterocycles. The Bertz CT molecular complexity index is 798. The van der Waals surface area contributed by atoms with E-state index in [1.807, 2.05) is 43.3 Å². The van der Waals surface area contributed by atoms with Gasteiger partial charge in [0.1, 0.15) is 0 Å². The zero-order valence-corrected chi connectivity index (χ0v) is 12.6. The van der Waals surface area contributed by atoms with Gasteiger partial charge in [0, 0.05) is 0 Å². The monoisotopic (exact) mass is 312 g/mol. The quantitative estimate of drug-likeness (QED) is 0.517. The highest BCUT2D eigenvalue weighted by molar-refractivity contribution is 5.72. The average Bonchev–Trinajstić information content (AvgIpc) is 2.55. The van der Waals surface area contributed by atoms with Crippen LogP contribution in [-0.2, 0) is 6.18 Å². The molecule has 3 rings (SSSR count). The summed E-state index contributed by atoms with van der Waals surface area (Å²) in [5.74, 6) is 0. The van der Waals surface area contributed by atoms with Crippen molar-refractivity contribution < 1.29 is 13.2 Å². The molecule has 23 heavy (non-hydrogen) atoms. The van der Waals surface area contributed by atoms with Crippen LogP contribution in [0.15, 0.2) is 72.8 Å². The van der Waals surface area contributed by atoms with Crippen molar-refractivity contribution in [1.82, 2.24) is 0 Å². The predicted octanol–water partition coefficient (Wildman–Crippen LogP) is 6.35. The van der Waals surface area contributed by atoms with Gasteiger partial charge in [0.25, 0.3) is 0 Å². The van der Waals surface area contributed by atoms with Gasteiger partial charge >= 0.3 is 6.18 Å². The molecule has 3 aromatic rings. The van der Waals surface area contributed by atoms with Gasteiger partial charge in [-0.2, -0.15) is 13.2 Å². The van der Waals surface area contributed by atoms with Gasteiger partial charge in [0.2, 0.25) is 0 Å². The first-order chi connectivity index (χ1) is 10.9. The van der Waals surface area contributed by atoms with Gasteiger partial charge in [-0.25, -0.2) is 0 Å². The van der Waals surface area contributed by atoms with Gasteiger partial charge in [0.05, 0.1) is 5.56 Å². The summed E-state index contributed by atoms with van der Waals surface area (Å²) in [5, 5.41) is 0. The number of rotatable bonds is 2. The Morgan fingerprint density at radius 2 is 1.09 bits per heavy atom. The molecule has 0 radical (unpaired) electrons. The molecule has 0 N–H and O–H groups in total. The number of aryl methyl sites for hydroxylation is 1. The van der Waals surface area contributed by atoms with Crippen LogP contribution in [0.2, 0.25) is 0 Å². The van der Waals surface area contributed by atoms with Crippen LogP contribution in [0.4, 0.5) is 13.2 Å². The molecular weight excluding hydrogens is 297 g/mol. The van der Waals surface area contributed by atoms with Crippen molar-refractivity contribution >= 4 is 0 Å². The van der Waals surface area contributed by atoms with E-state index in [9.17, 15) is 13.2 Å². The summed E-state index contributed by atoms with van der Waals surface area (Å²) in [6.45, 7) is 2.01. The second-order valence-electron chi connectivity index (χ2n) is 5.49. The fourth-order valence-corrected chi connectivity index (χ4v) is 2.57. The summed E-state index contributed by atoms with van der Waals surface area (Å²) in [6.07, 6.45) is -4.35. The fourth-order valence-electron chi connectivity index (χ4n) is 2.57. The zero-order valence-electron chi connectivity index (χ0n) is 12.6. The molecule has 0 fully saturated rings. The fraction of sp³-hybridized carbons (Fsp3) is 0.100. The number of benzene rings is 3. The number of hydrogen-bond acceptors (Lipinski definition) is 0. The van der Waals surface area contributed by atoms with Gasteiger partial charge in [0.15, 0.2) is 0 Å². The molecule has 3 heteroatoms. The highest BCUT2D eigenvalue weighted by Crippen LogP contribution is 2.37. The Kier molecular flexibility index (Phi) is 3.95. The van der Waals surface area contributed by atoms with Crippen LogP contribution in [0.1, 0.15) is 11.1 Å². The first-order valence-electron chi connectivity index (χ1n) is 7.29. The van der Waals surface area contributed by atoms with E-state index < -0.39 is 11.7 Å². The minimum Gasteiger partial charge on any atom is -0.166 e. The van der Waals surface area contributed by atoms with Crippen molar-refractivity contribution in [2.24, 2.45) is 0 Å². The normalized spacial score (nSPS) is 11.5. The third kappa shape index (κ3) is 3.29. The van der Waals surface area contributed by atoms with Crippen molar-refractivity contribution in [3.05, 3.63) is 83.9 Å². The van der Waals surface area contributed by atoms with E-state index >= 15 is 0 Å². The van der Waals surface area contributed by atoms with Gasteiger partial charge in [-0.15, -0.1) is 0 Å². The van der Waals surface area contributed by atoms with Crippen LogP contribution in [0.5, 0.6) is 0 Å². The van der Waals surface area contributed by atoms with Crippen LogP contribution in [-0.4, -0.2) is 0 Å². The molecule has 0 bridgehead atoms. The summed E-state index contributed by atoms with van der Waals surface area (Å²) >= 11 is 0. The summed E-state index contributed by atoms with van der Waals surface area (Å²) in [7, 11) is 0. The van der Waals surface area contributed by atoms with E-state index in [1.165, 1.54) is 17.7 Å². The Morgan fingerprint density at radius 1 is 0.609 bits per heavy atom. The van der Waals surface area contributed by atoms with Crippen LogP contribution in [0, 0.1) is 6.92 Å². The first-order valence-corrected chi connectivity index (χ1v) is 7.29. The average molecular weight is 312 g/mol. The van der Waals surface area contributed by atoms with Crippen molar-refractivity contribution in [2.45, 2.75) is 13.1 Å². The highest BCUT2D eigenvalue weighted by Gasteiger charge is 2.33. The first kappa shape index (κ1) is 15.3. The molecule has 0 heterocycles. The minimum absolute atomic E-state index is 0.204. The maximum Gasteiger partial charge on any atom is 0.417 e. The third-order valence-electron chi connectivity index (χ3n) is 3.81. The molecule has 0 aliphatic heterocycles. The Labute approximate surface area is 133 Å². The molecular formula is C20H15F3. The predicted molar refractivity (Wildman–Crippen MR) is 87.1 cm³/mol. The summed E-state index contributed by atoms with van der Waals surface area (Å²) in [6, 6.07) is 20.9. The Morgan fingerprint density at radius 3 is 1.65 bits per heavy atom. The maximum absolute atomic E-state index is 13.1. The molecule has 0 aromatic heterocycles. The molecule has 0 nitrogen and oxygen atoms in total. The molecule has 3 aromatic carbocycles. The van der Waals surface area contributed by atoms with Crippen molar-refractivity contribution in [3.63, 3.8) is 0 Å². The highest BCUT2D eigenvalue weighted by atomic mass is 19.4. The molecule has 0 aliphatic carbocycles. The van der Waals surface area contributed by atoms with E-state index in [0.29, 0.717) is 5.56 Å². The Balaban J connectivity index is 1.99. The lowest BCUT2D eigenvalue weighted by Gasteiger charge is -2.13. The lowest BCUT2D eigenvalue weighted by Crippen LogP contribution is -2.06. The van der Waals surface area contributed by atoms with Crippen molar-refractivity contribution in [2.75, 3.05) is 0 Å². The molecule has 0 spiro atoms. The van der Waals surface area contributed by atoms with Gasteiger partial charge in [-0.3, -0.25) is 0 Å². The topological polar surface area (TPSA) is 0 Å². The summed E-state index contributed by atoms with van der Waals surface area (Å²) < 4.78 is 39.3. The molecule has 0 amide bonds. The van der Waals surface area contributed by atoms with Crippen molar-refractivity contribution in [3.8, 4) is 22.3 Å². The molecule has 0 saturated carbocycles. The number of hydrogen-bond donors (Lipinski definition) is 0. The third-order valence-corrected chi connectivity index (χ3v) is 3.81. The lowest BCUT2D eigenvalue weighted by atomic mass is 9.96. The Hall–Kier alpha value is -2.55. The lowest BCUT2D eigenvalue weighted by molar-refractivity contribution is -0.137. The van der Waals surface area contributed by atoms with Gasteiger partial charge in [-0.05, 0) is 35.2 Å². The summed E-state index contributed by atoms with van der Waals surface area (Å²) in [5.41, 5.74) is 3.36. The van der Waals surface area contributed by atoms with Crippen LogP contribution < -0.4 is 0 Å². The van der Waals surface area contributed by atoms with Crippen molar-refractivity contribution in [1.29, 1.82) is 0 Å².